The second kappa shape index (κ2) is 11.6. The molecule has 8 heteroatoms. The monoisotopic (exact) mass is 636 g/mol. The van der Waals surface area contributed by atoms with Crippen LogP contribution in [0.15, 0.2) is 74.8 Å². The number of aryl methyl sites for hydroxylation is 3. The maximum Gasteiger partial charge on any atom is 0.336 e. The number of nitrogens with zero attached hydrogens (tertiary/aromatic N) is 1. The molecule has 1 aromatic heterocycles. The zero-order chi connectivity index (χ0) is 32.3. The molecule has 0 saturated heterocycles. The molecular formula is C37H33ClN2O4S. The molecule has 2 atom stereocenters. The van der Waals surface area contributed by atoms with Gasteiger partial charge in [-0.15, -0.1) is 12.6 Å². The normalized spacial score (nSPS) is 13.1. The fourth-order valence-corrected chi connectivity index (χ4v) is 6.98. The van der Waals surface area contributed by atoms with E-state index in [1.54, 1.807) is 37.3 Å². The zero-order valence-electron chi connectivity index (χ0n) is 25.9. The fraction of sp³-hybridized carbons (Fsp3) is 0.216. The first-order chi connectivity index (χ1) is 21.4. The van der Waals surface area contributed by atoms with Crippen LogP contribution in [0.1, 0.15) is 69.8 Å². The van der Waals surface area contributed by atoms with Crippen LogP contribution in [0.3, 0.4) is 0 Å². The number of pyridine rings is 1. The first-order valence-corrected chi connectivity index (χ1v) is 15.6. The van der Waals surface area contributed by atoms with E-state index < -0.39 is 5.97 Å². The van der Waals surface area contributed by atoms with E-state index in [9.17, 15) is 14.7 Å². The van der Waals surface area contributed by atoms with Gasteiger partial charge in [0.05, 0.1) is 16.1 Å². The first-order valence-electron chi connectivity index (χ1n) is 14.8. The Hall–Kier alpha value is -4.17. The second-order valence-electron chi connectivity index (χ2n) is 11.8. The van der Waals surface area contributed by atoms with Crippen LogP contribution in [0, 0.1) is 27.7 Å². The molecule has 0 spiro atoms. The third-order valence-corrected chi connectivity index (χ3v) is 9.58. The Kier molecular flexibility index (Phi) is 7.98. The molecule has 1 aliphatic heterocycles. The highest BCUT2D eigenvalue weighted by atomic mass is 35.5. The van der Waals surface area contributed by atoms with Crippen molar-refractivity contribution in [2.24, 2.45) is 0 Å². The standard InChI is InChI=1S/C37H33ClN2O4S/c1-17-11-13-24(32-23(17)14-12-19(3)39-32)21(5)40-22(6)30-35-27(15-18(2)36(30)45)31(25-9-7-8-10-26(25)37(42)43)28-16-29(38)33(41)20(4)34(28)44-35/h7-16,21-22,40,45H,1-6H3,(H,42,43). The highest BCUT2D eigenvalue weighted by molar-refractivity contribution is 7.80. The molecule has 0 saturated carbocycles. The van der Waals surface area contributed by atoms with Crippen LogP contribution in [0.5, 0.6) is 0 Å². The summed E-state index contributed by atoms with van der Waals surface area (Å²) < 4.78 is 6.65. The Balaban J connectivity index is 1.62. The summed E-state index contributed by atoms with van der Waals surface area (Å²) in [6.07, 6.45) is 0. The Labute approximate surface area is 271 Å². The zero-order valence-corrected chi connectivity index (χ0v) is 27.5. The van der Waals surface area contributed by atoms with Gasteiger partial charge in [0, 0.05) is 55.7 Å². The number of hydrogen-bond acceptors (Lipinski definition) is 6. The lowest BCUT2D eigenvalue weighted by atomic mass is 9.87. The fourth-order valence-electron chi connectivity index (χ4n) is 6.37. The molecule has 2 N–H and O–H groups in total. The van der Waals surface area contributed by atoms with Crippen molar-refractivity contribution in [3.05, 3.63) is 115 Å². The number of fused-ring (bicyclic) bond motifs is 3. The summed E-state index contributed by atoms with van der Waals surface area (Å²) in [4.78, 5) is 31.1. The van der Waals surface area contributed by atoms with Crippen molar-refractivity contribution in [1.29, 1.82) is 0 Å². The molecule has 2 aliphatic rings. The summed E-state index contributed by atoms with van der Waals surface area (Å²) in [5.41, 5.74) is 8.22. The number of carboxylic acids is 1. The molecular weight excluding hydrogens is 604 g/mol. The summed E-state index contributed by atoms with van der Waals surface area (Å²) in [6, 6.07) is 18.4. The van der Waals surface area contributed by atoms with Crippen molar-refractivity contribution in [2.45, 2.75) is 58.5 Å². The lowest BCUT2D eigenvalue weighted by Crippen LogP contribution is -2.24. The minimum Gasteiger partial charge on any atom is -0.478 e. The van der Waals surface area contributed by atoms with Gasteiger partial charge in [-0.25, -0.2) is 4.79 Å². The highest BCUT2D eigenvalue weighted by Crippen LogP contribution is 2.46. The van der Waals surface area contributed by atoms with Gasteiger partial charge >= 0.3 is 5.97 Å². The molecule has 228 valence electrons. The van der Waals surface area contributed by atoms with Crippen molar-refractivity contribution >= 4 is 52.1 Å². The average Bonchev–Trinajstić information content (AvgIpc) is 3.00. The van der Waals surface area contributed by atoms with Gasteiger partial charge in [-0.2, -0.15) is 0 Å². The Morgan fingerprint density at radius 3 is 2.40 bits per heavy atom. The summed E-state index contributed by atoms with van der Waals surface area (Å²) >= 11 is 11.4. The number of aromatic carboxylic acids is 1. The molecule has 4 aromatic rings. The predicted octanol–water partition coefficient (Wildman–Crippen LogP) is 9.40. The average molecular weight is 637 g/mol. The molecule has 45 heavy (non-hydrogen) atoms. The number of carbonyl (C=O) groups is 1. The van der Waals surface area contributed by atoms with Gasteiger partial charge in [-0.3, -0.25) is 9.78 Å². The van der Waals surface area contributed by atoms with E-state index in [-0.39, 0.29) is 28.1 Å². The van der Waals surface area contributed by atoms with Crippen molar-refractivity contribution in [2.75, 3.05) is 0 Å². The summed E-state index contributed by atoms with van der Waals surface area (Å²) in [5, 5.41) is 15.8. The number of aromatic nitrogens is 1. The van der Waals surface area contributed by atoms with E-state index in [2.05, 4.69) is 44.3 Å². The number of carboxylic acid groups (broad SMARTS) is 1. The quantitative estimate of drug-likeness (QED) is 0.125. The van der Waals surface area contributed by atoms with Crippen LogP contribution >= 0.6 is 24.2 Å². The largest absolute Gasteiger partial charge is 0.478 e. The number of hydrogen-bond donors (Lipinski definition) is 3. The minimum absolute atomic E-state index is 0.0457. The minimum atomic E-state index is -1.06. The molecule has 2 unspecified atom stereocenters. The first kappa shape index (κ1) is 30.8. The third-order valence-electron chi connectivity index (χ3n) is 8.71. The summed E-state index contributed by atoms with van der Waals surface area (Å²) in [6.45, 7) is 11.9. The van der Waals surface area contributed by atoms with Gasteiger partial charge in [0.15, 0.2) is 0 Å². The molecule has 6 rings (SSSR count). The van der Waals surface area contributed by atoms with Crippen LogP contribution in [0.4, 0.5) is 0 Å². The maximum absolute atomic E-state index is 13.0. The van der Waals surface area contributed by atoms with Crippen LogP contribution in [0.2, 0.25) is 5.02 Å². The van der Waals surface area contributed by atoms with Crippen LogP contribution in [0.25, 0.3) is 44.3 Å². The van der Waals surface area contributed by atoms with E-state index in [1.165, 1.54) is 0 Å². The van der Waals surface area contributed by atoms with Gasteiger partial charge in [-0.05, 0) is 88.1 Å². The number of rotatable bonds is 6. The van der Waals surface area contributed by atoms with Crippen molar-refractivity contribution in [1.82, 2.24) is 10.3 Å². The molecule has 0 radical (unpaired) electrons. The number of nitrogens with one attached hydrogen (secondary N) is 1. The number of thiol groups is 1. The molecule has 0 fully saturated rings. The van der Waals surface area contributed by atoms with E-state index in [0.29, 0.717) is 39.0 Å². The molecule has 0 bridgehead atoms. The number of benzene rings is 4. The SMILES string of the molecule is Cc1ccc2c(C)ccc(C(C)NC(C)c3c(S)c(C)cc4c(-c5ccccc5C(=O)O)c5cc(Cl)c(=O)c(C)c-5oc34)c2n1. The van der Waals surface area contributed by atoms with Gasteiger partial charge in [0.1, 0.15) is 11.3 Å². The van der Waals surface area contributed by atoms with Gasteiger partial charge < -0.3 is 14.8 Å². The predicted molar refractivity (Wildman–Crippen MR) is 184 cm³/mol. The van der Waals surface area contributed by atoms with Crippen molar-refractivity contribution < 1.29 is 14.3 Å². The molecule has 0 amide bonds. The number of halogens is 1. The molecule has 3 aromatic carbocycles. The third kappa shape index (κ3) is 5.19. The van der Waals surface area contributed by atoms with E-state index in [0.717, 1.165) is 43.7 Å². The lowest BCUT2D eigenvalue weighted by Gasteiger charge is -2.26. The summed E-state index contributed by atoms with van der Waals surface area (Å²) in [5.74, 6) is -0.703. The Morgan fingerprint density at radius 2 is 1.67 bits per heavy atom. The smallest absolute Gasteiger partial charge is 0.336 e. The van der Waals surface area contributed by atoms with E-state index >= 15 is 0 Å². The van der Waals surface area contributed by atoms with Crippen LogP contribution < -0.4 is 10.7 Å². The highest BCUT2D eigenvalue weighted by Gasteiger charge is 2.28. The van der Waals surface area contributed by atoms with Gasteiger partial charge in [0.2, 0.25) is 5.43 Å². The Bertz CT molecular complexity index is 2210. The van der Waals surface area contributed by atoms with Gasteiger partial charge in [-0.1, -0.05) is 48.0 Å². The summed E-state index contributed by atoms with van der Waals surface area (Å²) in [7, 11) is 0. The molecule has 1 aliphatic carbocycles. The topological polar surface area (TPSA) is 92.4 Å². The van der Waals surface area contributed by atoms with Gasteiger partial charge in [0.25, 0.3) is 0 Å². The maximum atomic E-state index is 13.0. The van der Waals surface area contributed by atoms with Crippen molar-refractivity contribution in [3.8, 4) is 22.5 Å². The molecule has 2 heterocycles. The van der Waals surface area contributed by atoms with Crippen molar-refractivity contribution in [3.63, 3.8) is 0 Å². The van der Waals surface area contributed by atoms with Crippen LogP contribution in [-0.2, 0) is 0 Å². The van der Waals surface area contributed by atoms with Crippen LogP contribution in [-0.4, -0.2) is 16.1 Å². The Morgan fingerprint density at radius 1 is 0.933 bits per heavy atom. The van der Waals surface area contributed by atoms with E-state index in [4.69, 9.17) is 33.6 Å². The van der Waals surface area contributed by atoms with E-state index in [1.807, 2.05) is 26.0 Å². The lowest BCUT2D eigenvalue weighted by molar-refractivity contribution is 0.0697. The second-order valence-corrected chi connectivity index (χ2v) is 12.6. The molecule has 6 nitrogen and oxygen atoms in total.